The van der Waals surface area contributed by atoms with Crippen LogP contribution in [0.25, 0.3) is 0 Å². The van der Waals surface area contributed by atoms with Crippen LogP contribution in [0.15, 0.2) is 12.4 Å². The van der Waals surface area contributed by atoms with E-state index < -0.39 is 0 Å². The molecule has 3 N–H and O–H groups in total. The van der Waals surface area contributed by atoms with Gasteiger partial charge in [-0.05, 0) is 26.4 Å². The van der Waals surface area contributed by atoms with Crippen LogP contribution in [-0.2, 0) is 7.05 Å². The van der Waals surface area contributed by atoms with E-state index in [2.05, 4.69) is 43.0 Å². The Morgan fingerprint density at radius 1 is 1.44 bits per heavy atom. The fourth-order valence-corrected chi connectivity index (χ4v) is 2.74. The molecule has 0 saturated heterocycles. The van der Waals surface area contributed by atoms with Gasteiger partial charge >= 0.3 is 0 Å². The lowest BCUT2D eigenvalue weighted by Gasteiger charge is -2.44. The predicted octanol–water partition coefficient (Wildman–Crippen LogP) is 1.44. The van der Waals surface area contributed by atoms with Gasteiger partial charge in [-0.25, -0.2) is 10.4 Å². The SMILES string of the molecule is CCN(CC)C(C)(CC)C(NN)c1nccn1C. The van der Waals surface area contributed by atoms with Gasteiger partial charge in [0.05, 0.1) is 6.04 Å². The Kier molecular flexibility index (Phi) is 5.31. The second-order valence-corrected chi connectivity index (χ2v) is 4.88. The maximum absolute atomic E-state index is 5.81. The number of aromatic nitrogens is 2. The van der Waals surface area contributed by atoms with Crippen molar-refractivity contribution in [2.75, 3.05) is 13.1 Å². The average molecular weight is 253 g/mol. The largest absolute Gasteiger partial charge is 0.337 e. The molecule has 0 spiro atoms. The van der Waals surface area contributed by atoms with Crippen LogP contribution in [0.3, 0.4) is 0 Å². The lowest BCUT2D eigenvalue weighted by molar-refractivity contribution is 0.0655. The number of hydrogen-bond donors (Lipinski definition) is 2. The van der Waals surface area contributed by atoms with Gasteiger partial charge < -0.3 is 4.57 Å². The maximum Gasteiger partial charge on any atom is 0.128 e. The Morgan fingerprint density at radius 3 is 2.39 bits per heavy atom. The van der Waals surface area contributed by atoms with Crippen LogP contribution in [0.1, 0.15) is 46.0 Å². The number of rotatable bonds is 7. The molecule has 0 fully saturated rings. The van der Waals surface area contributed by atoms with Gasteiger partial charge in [0.2, 0.25) is 0 Å². The minimum atomic E-state index is -0.0443. The summed E-state index contributed by atoms with van der Waals surface area (Å²) < 4.78 is 2.03. The fourth-order valence-electron chi connectivity index (χ4n) is 2.74. The smallest absolute Gasteiger partial charge is 0.128 e. The van der Waals surface area contributed by atoms with Gasteiger partial charge in [-0.3, -0.25) is 10.7 Å². The third-order valence-electron chi connectivity index (χ3n) is 4.11. The number of nitrogens with one attached hydrogen (secondary N) is 1. The second kappa shape index (κ2) is 6.31. The van der Waals surface area contributed by atoms with Crippen molar-refractivity contribution in [3.8, 4) is 0 Å². The summed E-state index contributed by atoms with van der Waals surface area (Å²) in [5.41, 5.74) is 2.92. The highest BCUT2D eigenvalue weighted by Gasteiger charge is 2.39. The normalized spacial score (nSPS) is 16.8. The zero-order valence-corrected chi connectivity index (χ0v) is 12.3. The summed E-state index contributed by atoms with van der Waals surface area (Å²) in [6, 6.07) is 0.0161. The van der Waals surface area contributed by atoms with Crippen LogP contribution in [0.2, 0.25) is 0 Å². The first kappa shape index (κ1) is 15.1. The highest BCUT2D eigenvalue weighted by molar-refractivity contribution is 5.08. The molecule has 0 saturated carbocycles. The van der Waals surface area contributed by atoms with Crippen LogP contribution in [0, 0.1) is 0 Å². The highest BCUT2D eigenvalue weighted by atomic mass is 15.3. The zero-order chi connectivity index (χ0) is 13.8. The molecule has 0 aliphatic heterocycles. The summed E-state index contributed by atoms with van der Waals surface area (Å²) >= 11 is 0. The molecular formula is C13H27N5. The van der Waals surface area contributed by atoms with Gasteiger partial charge in [0.25, 0.3) is 0 Å². The van der Waals surface area contributed by atoms with Crippen LogP contribution in [0.4, 0.5) is 0 Å². The first-order valence-electron chi connectivity index (χ1n) is 6.73. The van der Waals surface area contributed by atoms with Crippen molar-refractivity contribution in [2.24, 2.45) is 12.9 Å². The van der Waals surface area contributed by atoms with Gasteiger partial charge in [0.1, 0.15) is 5.82 Å². The van der Waals surface area contributed by atoms with Gasteiger partial charge in [0.15, 0.2) is 0 Å². The van der Waals surface area contributed by atoms with Crippen molar-refractivity contribution >= 4 is 0 Å². The summed E-state index contributed by atoms with van der Waals surface area (Å²) in [5, 5.41) is 0. The van der Waals surface area contributed by atoms with E-state index in [0.717, 1.165) is 25.3 Å². The quantitative estimate of drug-likeness (QED) is 0.570. The molecule has 18 heavy (non-hydrogen) atoms. The van der Waals surface area contributed by atoms with E-state index in [1.165, 1.54) is 0 Å². The van der Waals surface area contributed by atoms with E-state index in [4.69, 9.17) is 5.84 Å². The van der Waals surface area contributed by atoms with Crippen LogP contribution in [-0.4, -0.2) is 33.1 Å². The molecule has 1 aromatic heterocycles. The van der Waals surface area contributed by atoms with E-state index in [-0.39, 0.29) is 11.6 Å². The highest BCUT2D eigenvalue weighted by Crippen LogP contribution is 2.32. The number of hydrogen-bond acceptors (Lipinski definition) is 4. The van der Waals surface area contributed by atoms with Crippen LogP contribution < -0.4 is 11.3 Å². The first-order chi connectivity index (χ1) is 8.54. The molecule has 1 aromatic rings. The molecule has 104 valence electrons. The molecule has 0 aliphatic carbocycles. The third-order valence-corrected chi connectivity index (χ3v) is 4.11. The molecule has 1 heterocycles. The average Bonchev–Trinajstić information content (AvgIpc) is 2.78. The van der Waals surface area contributed by atoms with E-state index in [0.29, 0.717) is 0 Å². The third kappa shape index (κ3) is 2.58. The number of hydrazine groups is 1. The number of likely N-dealkylation sites (N-methyl/N-ethyl adjacent to an activating group) is 1. The maximum atomic E-state index is 5.81. The Hall–Kier alpha value is -0.910. The molecule has 0 amide bonds. The number of nitrogens with zero attached hydrogens (tertiary/aromatic N) is 3. The van der Waals surface area contributed by atoms with Crippen molar-refractivity contribution in [1.29, 1.82) is 0 Å². The van der Waals surface area contributed by atoms with Crippen molar-refractivity contribution < 1.29 is 0 Å². The fraction of sp³-hybridized carbons (Fsp3) is 0.769. The topological polar surface area (TPSA) is 59.1 Å². The van der Waals surface area contributed by atoms with Crippen LogP contribution in [0.5, 0.6) is 0 Å². The molecule has 0 radical (unpaired) electrons. The molecule has 0 aromatic carbocycles. The molecule has 5 heteroatoms. The van der Waals surface area contributed by atoms with E-state index in [1.54, 1.807) is 0 Å². The Bertz CT molecular complexity index is 358. The lowest BCUT2D eigenvalue weighted by atomic mass is 9.86. The Morgan fingerprint density at radius 2 is 2.06 bits per heavy atom. The van der Waals surface area contributed by atoms with Crippen molar-refractivity contribution in [2.45, 2.75) is 45.7 Å². The number of nitrogens with two attached hydrogens (primary N) is 1. The van der Waals surface area contributed by atoms with E-state index in [1.807, 2.05) is 24.0 Å². The van der Waals surface area contributed by atoms with E-state index in [9.17, 15) is 0 Å². The number of imidazole rings is 1. The molecule has 0 aliphatic rings. The van der Waals surface area contributed by atoms with E-state index >= 15 is 0 Å². The van der Waals surface area contributed by atoms with Gasteiger partial charge in [0, 0.05) is 25.0 Å². The van der Waals surface area contributed by atoms with Crippen molar-refractivity contribution in [3.63, 3.8) is 0 Å². The van der Waals surface area contributed by atoms with Gasteiger partial charge in [-0.1, -0.05) is 20.8 Å². The first-order valence-corrected chi connectivity index (χ1v) is 6.73. The standard InChI is InChI=1S/C13H27N5/c1-6-13(4,18(7-2)8-3)11(16-14)12-15-9-10-17(12)5/h9-11,16H,6-8,14H2,1-5H3. The molecule has 5 nitrogen and oxygen atoms in total. The zero-order valence-electron chi connectivity index (χ0n) is 12.3. The summed E-state index contributed by atoms with van der Waals surface area (Å²) in [7, 11) is 2.00. The molecule has 2 atom stereocenters. The molecule has 2 unspecified atom stereocenters. The Balaban J connectivity index is 3.14. The van der Waals surface area contributed by atoms with Gasteiger partial charge in [-0.2, -0.15) is 0 Å². The minimum Gasteiger partial charge on any atom is -0.337 e. The summed E-state index contributed by atoms with van der Waals surface area (Å²) in [6.45, 7) is 10.8. The summed E-state index contributed by atoms with van der Waals surface area (Å²) in [5.74, 6) is 6.79. The summed E-state index contributed by atoms with van der Waals surface area (Å²) in [6.07, 6.45) is 4.78. The lowest BCUT2D eigenvalue weighted by Crippen LogP contribution is -2.56. The molecule has 0 bridgehead atoms. The number of aryl methyl sites for hydroxylation is 1. The minimum absolute atomic E-state index is 0.0161. The Labute approximate surface area is 110 Å². The van der Waals surface area contributed by atoms with Crippen molar-refractivity contribution in [1.82, 2.24) is 19.9 Å². The van der Waals surface area contributed by atoms with Crippen molar-refractivity contribution in [3.05, 3.63) is 18.2 Å². The summed E-state index contributed by atoms with van der Waals surface area (Å²) in [4.78, 5) is 6.88. The second-order valence-electron chi connectivity index (χ2n) is 4.88. The monoisotopic (exact) mass is 253 g/mol. The van der Waals surface area contributed by atoms with Crippen LogP contribution >= 0.6 is 0 Å². The predicted molar refractivity (Wildman–Crippen MR) is 74.9 cm³/mol. The molecule has 1 rings (SSSR count). The molecular weight excluding hydrogens is 226 g/mol. The van der Waals surface area contributed by atoms with Gasteiger partial charge in [-0.15, -0.1) is 0 Å².